The molecule has 0 aliphatic carbocycles. The van der Waals surface area contributed by atoms with Gasteiger partial charge in [-0.2, -0.15) is 0 Å². The maximum Gasteiger partial charge on any atom is 0.207 e. The van der Waals surface area contributed by atoms with Gasteiger partial charge in [-0.15, -0.1) is 0 Å². The van der Waals surface area contributed by atoms with Crippen molar-refractivity contribution in [2.75, 3.05) is 12.4 Å². The minimum atomic E-state index is 0.723. The van der Waals surface area contributed by atoms with E-state index in [1.807, 2.05) is 42.9 Å². The topological polar surface area (TPSA) is 29.9 Å². The van der Waals surface area contributed by atoms with Crippen molar-refractivity contribution in [2.45, 2.75) is 6.92 Å². The van der Waals surface area contributed by atoms with Gasteiger partial charge >= 0.3 is 0 Å². The van der Waals surface area contributed by atoms with Crippen molar-refractivity contribution in [2.24, 2.45) is 0 Å². The lowest BCUT2D eigenvalue weighted by atomic mass is 10.3. The fourth-order valence-electron chi connectivity index (χ4n) is 1.53. The van der Waals surface area contributed by atoms with Crippen molar-refractivity contribution >= 4 is 40.1 Å². The third-order valence-electron chi connectivity index (χ3n) is 2.22. The van der Waals surface area contributed by atoms with Crippen LogP contribution in [0.4, 0.5) is 5.95 Å². The minimum Gasteiger partial charge on any atom is -0.358 e. The van der Waals surface area contributed by atoms with E-state index in [0.717, 1.165) is 25.9 Å². The molecule has 0 atom stereocenters. The van der Waals surface area contributed by atoms with Crippen molar-refractivity contribution in [3.05, 3.63) is 38.7 Å². The van der Waals surface area contributed by atoms with Crippen molar-refractivity contribution < 1.29 is 0 Å². The Morgan fingerprint density at radius 1 is 1.44 bits per heavy atom. The second-order valence-corrected chi connectivity index (χ2v) is 5.07. The van der Waals surface area contributed by atoms with Gasteiger partial charge in [-0.1, -0.05) is 11.6 Å². The van der Waals surface area contributed by atoms with Gasteiger partial charge in [0.1, 0.15) is 0 Å². The lowest BCUT2D eigenvalue weighted by Crippen LogP contribution is -2.01. The Morgan fingerprint density at radius 3 is 2.81 bits per heavy atom. The fourth-order valence-corrected chi connectivity index (χ4v) is 2.48. The van der Waals surface area contributed by atoms with Crippen LogP contribution < -0.4 is 5.32 Å². The Labute approximate surface area is 113 Å². The quantitative estimate of drug-likeness (QED) is 0.843. The molecule has 3 nitrogen and oxygen atoms in total. The molecule has 1 aromatic heterocycles. The monoisotopic (exact) mass is 347 g/mol. The zero-order valence-corrected chi connectivity index (χ0v) is 11.9. The highest BCUT2D eigenvalue weighted by atomic mass is 127. The van der Waals surface area contributed by atoms with E-state index in [4.69, 9.17) is 11.6 Å². The van der Waals surface area contributed by atoms with Gasteiger partial charge in [-0.25, -0.2) is 4.98 Å². The summed E-state index contributed by atoms with van der Waals surface area (Å²) in [4.78, 5) is 4.36. The largest absolute Gasteiger partial charge is 0.358 e. The third kappa shape index (κ3) is 2.17. The van der Waals surface area contributed by atoms with Crippen molar-refractivity contribution in [3.63, 3.8) is 0 Å². The number of aryl methyl sites for hydroxylation is 1. The molecule has 2 rings (SSSR count). The molecule has 1 aromatic carbocycles. The van der Waals surface area contributed by atoms with Crippen molar-refractivity contribution in [1.82, 2.24) is 9.55 Å². The highest BCUT2D eigenvalue weighted by Gasteiger charge is 2.09. The number of anilines is 1. The van der Waals surface area contributed by atoms with Crippen LogP contribution in [0.5, 0.6) is 0 Å². The van der Waals surface area contributed by atoms with Gasteiger partial charge < -0.3 is 5.32 Å². The number of rotatable bonds is 2. The van der Waals surface area contributed by atoms with Crippen LogP contribution in [-0.4, -0.2) is 16.6 Å². The summed E-state index contributed by atoms with van der Waals surface area (Å²) in [5.74, 6) is 0.792. The lowest BCUT2D eigenvalue weighted by Gasteiger charge is -2.09. The minimum absolute atomic E-state index is 0.723. The Morgan fingerprint density at radius 2 is 2.19 bits per heavy atom. The average molecular weight is 348 g/mol. The van der Waals surface area contributed by atoms with E-state index in [1.54, 1.807) is 0 Å². The molecule has 0 radical (unpaired) electrons. The Hall–Kier alpha value is -0.750. The summed E-state index contributed by atoms with van der Waals surface area (Å²) in [5, 5.41) is 3.77. The smallest absolute Gasteiger partial charge is 0.207 e. The number of nitrogens with one attached hydrogen (secondary N) is 1. The van der Waals surface area contributed by atoms with Gasteiger partial charge in [0.15, 0.2) is 0 Å². The molecule has 0 spiro atoms. The normalized spacial score (nSPS) is 10.5. The number of halogens is 2. The Kier molecular flexibility index (Phi) is 3.39. The highest BCUT2D eigenvalue weighted by molar-refractivity contribution is 14.1. The maximum atomic E-state index is 6.22. The maximum absolute atomic E-state index is 6.22. The van der Waals surface area contributed by atoms with Gasteiger partial charge in [-0.3, -0.25) is 4.57 Å². The molecule has 16 heavy (non-hydrogen) atoms. The molecule has 5 heteroatoms. The predicted molar refractivity (Wildman–Crippen MR) is 75.6 cm³/mol. The molecule has 84 valence electrons. The average Bonchev–Trinajstić information content (AvgIpc) is 2.59. The molecular weight excluding hydrogens is 336 g/mol. The molecule has 0 saturated heterocycles. The fraction of sp³-hybridized carbons (Fsp3) is 0.182. The highest BCUT2D eigenvalue weighted by Crippen LogP contribution is 2.25. The number of aromatic nitrogens is 2. The summed E-state index contributed by atoms with van der Waals surface area (Å²) < 4.78 is 3.07. The van der Waals surface area contributed by atoms with Crippen LogP contribution in [0.1, 0.15) is 5.69 Å². The van der Waals surface area contributed by atoms with E-state index in [0.29, 0.717) is 0 Å². The number of hydrogen-bond acceptors (Lipinski definition) is 2. The second-order valence-electron chi connectivity index (χ2n) is 3.42. The van der Waals surface area contributed by atoms with E-state index >= 15 is 0 Å². The molecule has 0 aliphatic rings. The third-order valence-corrected chi connectivity index (χ3v) is 3.19. The van der Waals surface area contributed by atoms with Crippen LogP contribution in [0.15, 0.2) is 24.4 Å². The SMILES string of the molecule is CNc1nc(C)cn1-c1ccc(I)cc1Cl. The summed E-state index contributed by atoms with van der Waals surface area (Å²) in [5.41, 5.74) is 1.89. The van der Waals surface area contributed by atoms with Crippen LogP contribution in [0.3, 0.4) is 0 Å². The number of benzene rings is 1. The van der Waals surface area contributed by atoms with Crippen LogP contribution in [0.2, 0.25) is 5.02 Å². The van der Waals surface area contributed by atoms with Gasteiger partial charge in [0.05, 0.1) is 16.4 Å². The molecule has 1 N–H and O–H groups in total. The summed E-state index contributed by atoms with van der Waals surface area (Å²) in [6, 6.07) is 5.95. The van der Waals surface area contributed by atoms with Crippen LogP contribution >= 0.6 is 34.2 Å². The first-order chi connectivity index (χ1) is 7.61. The zero-order valence-electron chi connectivity index (χ0n) is 8.96. The Bertz CT molecular complexity index is 522. The number of nitrogens with zero attached hydrogens (tertiary/aromatic N) is 2. The van der Waals surface area contributed by atoms with E-state index in [9.17, 15) is 0 Å². The first kappa shape index (κ1) is 11.7. The molecular formula is C11H11ClIN3. The van der Waals surface area contributed by atoms with E-state index in [-0.39, 0.29) is 0 Å². The first-order valence-corrected chi connectivity index (χ1v) is 6.26. The lowest BCUT2D eigenvalue weighted by molar-refractivity contribution is 1.05. The molecule has 1 heterocycles. The second kappa shape index (κ2) is 4.63. The van der Waals surface area contributed by atoms with Crippen LogP contribution in [0, 0.1) is 10.5 Å². The van der Waals surface area contributed by atoms with Crippen LogP contribution in [0.25, 0.3) is 5.69 Å². The molecule has 0 bridgehead atoms. The standard InChI is InChI=1S/C11H11ClIN3/c1-7-6-16(11(14-2)15-7)10-4-3-8(13)5-9(10)12/h3-6H,1-2H3,(H,14,15). The molecule has 0 saturated carbocycles. The Balaban J connectivity index is 2.57. The van der Waals surface area contributed by atoms with Gasteiger partial charge in [0.2, 0.25) is 5.95 Å². The zero-order chi connectivity index (χ0) is 11.7. The summed E-state index contributed by atoms with van der Waals surface area (Å²) in [7, 11) is 1.85. The molecule has 0 fully saturated rings. The molecule has 2 aromatic rings. The van der Waals surface area contributed by atoms with Crippen molar-refractivity contribution in [1.29, 1.82) is 0 Å². The van der Waals surface area contributed by atoms with E-state index in [2.05, 4.69) is 32.9 Å². The summed E-state index contributed by atoms with van der Waals surface area (Å²) in [6.07, 6.45) is 1.96. The predicted octanol–water partition coefficient (Wildman–Crippen LogP) is 3.48. The molecule has 0 aliphatic heterocycles. The van der Waals surface area contributed by atoms with Gasteiger partial charge in [-0.05, 0) is 47.7 Å². The number of imidazole rings is 1. The van der Waals surface area contributed by atoms with Crippen molar-refractivity contribution in [3.8, 4) is 5.69 Å². The first-order valence-electron chi connectivity index (χ1n) is 4.81. The van der Waals surface area contributed by atoms with E-state index < -0.39 is 0 Å². The summed E-state index contributed by atoms with van der Waals surface area (Å²) in [6.45, 7) is 1.96. The molecule has 0 amide bonds. The number of hydrogen-bond donors (Lipinski definition) is 1. The van der Waals surface area contributed by atoms with E-state index in [1.165, 1.54) is 0 Å². The summed E-state index contributed by atoms with van der Waals surface area (Å²) >= 11 is 8.46. The van der Waals surface area contributed by atoms with Crippen LogP contribution in [-0.2, 0) is 0 Å². The van der Waals surface area contributed by atoms with Gasteiger partial charge in [0.25, 0.3) is 0 Å². The van der Waals surface area contributed by atoms with Gasteiger partial charge in [0, 0.05) is 16.8 Å². The molecule has 0 unspecified atom stereocenters.